The van der Waals surface area contributed by atoms with Crippen molar-refractivity contribution in [1.29, 1.82) is 0 Å². The minimum atomic E-state index is -0.365. The first-order chi connectivity index (χ1) is 7.20. The highest BCUT2D eigenvalue weighted by Gasteiger charge is 2.29. The molecule has 1 aromatic heterocycles. The van der Waals surface area contributed by atoms with Crippen LogP contribution >= 0.6 is 0 Å². The number of carbonyl (C=O) groups excluding carboxylic acids is 1. The van der Waals surface area contributed by atoms with E-state index in [1.165, 1.54) is 0 Å². The molecule has 2 heterocycles. The number of esters is 1. The lowest BCUT2D eigenvalue weighted by molar-refractivity contribution is -0.382. The van der Waals surface area contributed by atoms with Crippen molar-refractivity contribution in [2.75, 3.05) is 6.61 Å². The van der Waals surface area contributed by atoms with Crippen LogP contribution in [-0.2, 0) is 14.2 Å². The molecule has 0 aromatic carbocycles. The lowest BCUT2D eigenvalue weighted by Gasteiger charge is -2.33. The Bertz CT molecular complexity index is 354. The molecule has 5 heteroatoms. The van der Waals surface area contributed by atoms with Crippen molar-refractivity contribution in [3.8, 4) is 0 Å². The van der Waals surface area contributed by atoms with Crippen LogP contribution in [-0.4, -0.2) is 23.9 Å². The second-order valence-electron chi connectivity index (χ2n) is 3.24. The lowest BCUT2D eigenvalue weighted by Crippen LogP contribution is -2.31. The lowest BCUT2D eigenvalue weighted by atomic mass is 10.3. The quantitative estimate of drug-likeness (QED) is 0.771. The molecular weight excluding hydrogens is 198 g/mol. The number of hydrogen-bond acceptors (Lipinski definition) is 4. The Balaban J connectivity index is 2.01. The van der Waals surface area contributed by atoms with Crippen LogP contribution in [0, 0.1) is 0 Å². The Morgan fingerprint density at radius 1 is 1.60 bits per heavy atom. The summed E-state index contributed by atoms with van der Waals surface area (Å²) in [6.07, 6.45) is 1.15. The van der Waals surface area contributed by atoms with Crippen LogP contribution in [0.5, 0.6) is 0 Å². The highest BCUT2D eigenvalue weighted by molar-refractivity contribution is 5.87. The highest BCUT2D eigenvalue weighted by atomic mass is 16.9. The van der Waals surface area contributed by atoms with E-state index in [2.05, 4.69) is 4.98 Å². The van der Waals surface area contributed by atoms with Crippen LogP contribution in [0.3, 0.4) is 0 Å². The molecule has 5 nitrogen and oxygen atoms in total. The number of nitrogens with one attached hydrogen (secondary N) is 1. The van der Waals surface area contributed by atoms with Gasteiger partial charge >= 0.3 is 5.97 Å². The van der Waals surface area contributed by atoms with Gasteiger partial charge in [0.1, 0.15) is 5.69 Å². The number of carbonyl (C=O) groups is 1. The minimum absolute atomic E-state index is 0.170. The van der Waals surface area contributed by atoms with Crippen LogP contribution in [0.2, 0.25) is 0 Å². The Hall–Kier alpha value is -1.33. The van der Waals surface area contributed by atoms with Crippen molar-refractivity contribution >= 4 is 5.97 Å². The molecule has 0 unspecified atom stereocenters. The zero-order chi connectivity index (χ0) is 10.8. The third-order valence-corrected chi connectivity index (χ3v) is 2.10. The monoisotopic (exact) mass is 211 g/mol. The van der Waals surface area contributed by atoms with E-state index in [4.69, 9.17) is 14.2 Å². The third-order valence-electron chi connectivity index (χ3n) is 2.10. The summed E-state index contributed by atoms with van der Waals surface area (Å²) in [5, 5.41) is 0. The van der Waals surface area contributed by atoms with Gasteiger partial charge in [-0.1, -0.05) is 0 Å². The Labute approximate surface area is 87.3 Å². The van der Waals surface area contributed by atoms with Gasteiger partial charge in [0.25, 0.3) is 0 Å². The van der Waals surface area contributed by atoms with Crippen molar-refractivity contribution in [2.24, 2.45) is 0 Å². The maximum absolute atomic E-state index is 11.3. The predicted octanol–water partition coefficient (Wildman–Crippen LogP) is 1.58. The average molecular weight is 211 g/mol. The molecule has 0 aliphatic carbocycles. The normalized spacial score (nSPS) is 24.7. The van der Waals surface area contributed by atoms with Crippen LogP contribution < -0.4 is 0 Å². The fourth-order valence-corrected chi connectivity index (χ4v) is 1.39. The van der Waals surface area contributed by atoms with Gasteiger partial charge in [-0.3, -0.25) is 0 Å². The van der Waals surface area contributed by atoms with E-state index in [-0.39, 0.29) is 18.5 Å². The summed E-state index contributed by atoms with van der Waals surface area (Å²) >= 11 is 0. The Kier molecular flexibility index (Phi) is 2.75. The second-order valence-corrected chi connectivity index (χ2v) is 3.24. The van der Waals surface area contributed by atoms with Gasteiger partial charge in [0.2, 0.25) is 0 Å². The molecular formula is C10H13NO4. The number of aromatic amines is 1. The standard InChI is InChI=1S/C10H13NO4/c1-3-13-9(12)8-4-7(5-11-8)10-14-6(2)15-10/h4-6,10-11H,3H2,1-2H3. The summed E-state index contributed by atoms with van der Waals surface area (Å²) in [7, 11) is 0. The van der Waals surface area contributed by atoms with Crippen molar-refractivity contribution in [3.05, 3.63) is 23.5 Å². The smallest absolute Gasteiger partial charge is 0.354 e. The summed E-state index contributed by atoms with van der Waals surface area (Å²) < 4.78 is 15.4. The minimum Gasteiger partial charge on any atom is -0.461 e. The van der Waals surface area contributed by atoms with Crippen LogP contribution in [0.25, 0.3) is 0 Å². The van der Waals surface area contributed by atoms with E-state index in [9.17, 15) is 4.79 Å². The van der Waals surface area contributed by atoms with Gasteiger partial charge in [-0.25, -0.2) is 4.79 Å². The molecule has 0 saturated carbocycles. The molecule has 1 aliphatic heterocycles. The summed E-state index contributed by atoms with van der Waals surface area (Å²) in [5.74, 6) is -0.365. The van der Waals surface area contributed by atoms with E-state index in [1.807, 2.05) is 6.92 Å². The fraction of sp³-hybridized carbons (Fsp3) is 0.500. The molecule has 1 N–H and O–H groups in total. The van der Waals surface area contributed by atoms with Crippen LogP contribution in [0.4, 0.5) is 0 Å². The molecule has 1 saturated heterocycles. The van der Waals surface area contributed by atoms with Gasteiger partial charge in [0.05, 0.1) is 6.61 Å². The van der Waals surface area contributed by atoms with Gasteiger partial charge in [0, 0.05) is 11.8 Å². The van der Waals surface area contributed by atoms with E-state index in [1.54, 1.807) is 19.2 Å². The van der Waals surface area contributed by atoms with Crippen LogP contribution in [0.15, 0.2) is 12.3 Å². The fourth-order valence-electron chi connectivity index (χ4n) is 1.39. The van der Waals surface area contributed by atoms with Crippen molar-refractivity contribution in [3.63, 3.8) is 0 Å². The first-order valence-electron chi connectivity index (χ1n) is 4.87. The summed E-state index contributed by atoms with van der Waals surface area (Å²) in [6, 6.07) is 1.68. The average Bonchev–Trinajstić information content (AvgIpc) is 2.62. The van der Waals surface area contributed by atoms with Crippen molar-refractivity contribution in [2.45, 2.75) is 26.4 Å². The van der Waals surface area contributed by atoms with Gasteiger partial charge < -0.3 is 19.2 Å². The maximum atomic E-state index is 11.3. The van der Waals surface area contributed by atoms with Crippen molar-refractivity contribution in [1.82, 2.24) is 4.98 Å². The number of H-pyrrole nitrogens is 1. The molecule has 0 spiro atoms. The molecule has 0 bridgehead atoms. The molecule has 0 amide bonds. The first-order valence-corrected chi connectivity index (χ1v) is 4.87. The zero-order valence-electron chi connectivity index (χ0n) is 8.65. The number of rotatable bonds is 3. The summed E-state index contributed by atoms with van der Waals surface area (Å²) in [6.45, 7) is 3.94. The topological polar surface area (TPSA) is 60.6 Å². The molecule has 0 radical (unpaired) electrons. The molecule has 1 aromatic rings. The Morgan fingerprint density at radius 3 is 2.93 bits per heavy atom. The zero-order valence-corrected chi connectivity index (χ0v) is 8.65. The SMILES string of the molecule is CCOC(=O)c1cc(C2OC(C)O2)c[nH]1. The van der Waals surface area contributed by atoms with Crippen LogP contribution in [0.1, 0.15) is 36.2 Å². The highest BCUT2D eigenvalue weighted by Crippen LogP contribution is 2.31. The third kappa shape index (κ3) is 2.03. The molecule has 0 atom stereocenters. The number of ether oxygens (including phenoxy) is 3. The molecule has 2 rings (SSSR count). The molecule has 1 fully saturated rings. The van der Waals surface area contributed by atoms with Crippen molar-refractivity contribution < 1.29 is 19.0 Å². The van der Waals surface area contributed by atoms with Gasteiger partial charge in [-0.2, -0.15) is 0 Å². The maximum Gasteiger partial charge on any atom is 0.354 e. The van der Waals surface area contributed by atoms with E-state index in [0.29, 0.717) is 12.3 Å². The van der Waals surface area contributed by atoms with E-state index in [0.717, 1.165) is 5.56 Å². The Morgan fingerprint density at radius 2 is 2.33 bits per heavy atom. The number of aromatic nitrogens is 1. The van der Waals surface area contributed by atoms with Gasteiger partial charge in [-0.15, -0.1) is 0 Å². The molecule has 15 heavy (non-hydrogen) atoms. The van der Waals surface area contributed by atoms with Gasteiger partial charge in [0.15, 0.2) is 12.6 Å². The first kappa shape index (κ1) is 10.2. The summed E-state index contributed by atoms with van der Waals surface area (Å²) in [4.78, 5) is 14.1. The predicted molar refractivity (Wildman–Crippen MR) is 51.1 cm³/mol. The van der Waals surface area contributed by atoms with E-state index < -0.39 is 0 Å². The number of hydrogen-bond donors (Lipinski definition) is 1. The second kappa shape index (κ2) is 4.04. The van der Waals surface area contributed by atoms with Gasteiger partial charge in [-0.05, 0) is 19.9 Å². The summed E-state index contributed by atoms with van der Waals surface area (Å²) in [5.41, 5.74) is 1.22. The molecule has 1 aliphatic rings. The molecule has 82 valence electrons. The van der Waals surface area contributed by atoms with E-state index >= 15 is 0 Å². The largest absolute Gasteiger partial charge is 0.461 e.